The number of benzene rings is 3. The van der Waals surface area contributed by atoms with Crippen LogP contribution in [-0.2, 0) is 17.5 Å². The second kappa shape index (κ2) is 11.8. The third kappa shape index (κ3) is 5.77. The molecule has 8 nitrogen and oxygen atoms in total. The number of piperazine rings is 1. The van der Waals surface area contributed by atoms with Crippen LogP contribution in [0.4, 0.5) is 34.1 Å². The number of carbonyl (C=O) groups is 3. The molecule has 2 saturated heterocycles. The highest BCUT2D eigenvalue weighted by atomic mass is 19.4. The number of halogens is 3. The van der Waals surface area contributed by atoms with Crippen LogP contribution in [0.15, 0.2) is 84.9 Å². The molecule has 0 spiro atoms. The van der Waals surface area contributed by atoms with Crippen molar-refractivity contribution in [1.82, 2.24) is 14.7 Å². The van der Waals surface area contributed by atoms with Gasteiger partial charge in [0.25, 0.3) is 0 Å². The van der Waals surface area contributed by atoms with Gasteiger partial charge in [0.05, 0.1) is 29.0 Å². The Morgan fingerprint density at radius 1 is 0.857 bits per heavy atom. The summed E-state index contributed by atoms with van der Waals surface area (Å²) in [6.07, 6.45) is -2.77. The number of alkyl halides is 3. The van der Waals surface area contributed by atoms with Crippen LogP contribution in [0.5, 0.6) is 0 Å². The van der Waals surface area contributed by atoms with Crippen molar-refractivity contribution in [1.29, 1.82) is 0 Å². The summed E-state index contributed by atoms with van der Waals surface area (Å²) >= 11 is 0. The molecule has 0 unspecified atom stereocenters. The fourth-order valence-electron chi connectivity index (χ4n) is 5.93. The van der Waals surface area contributed by atoms with Gasteiger partial charge in [-0.3, -0.25) is 4.90 Å². The molecule has 3 atom stereocenters. The lowest BCUT2D eigenvalue weighted by Crippen LogP contribution is -2.72. The molecular weight excluding hydrogens is 549 g/mol. The van der Waals surface area contributed by atoms with E-state index in [4.69, 9.17) is 0 Å². The monoisotopic (exact) mass is 580 g/mol. The van der Waals surface area contributed by atoms with E-state index in [0.29, 0.717) is 36.2 Å². The van der Waals surface area contributed by atoms with Crippen LogP contribution < -0.4 is 4.90 Å². The zero-order valence-corrected chi connectivity index (χ0v) is 22.9. The molecule has 0 aromatic heterocycles. The van der Waals surface area contributed by atoms with Crippen molar-refractivity contribution in [2.75, 3.05) is 18.5 Å². The van der Waals surface area contributed by atoms with Crippen molar-refractivity contribution < 1.29 is 32.7 Å². The maximum atomic E-state index is 14.2. The molecule has 2 heterocycles. The average molecular weight is 581 g/mol. The minimum Gasteiger partial charge on any atom is -0.480 e. The first-order valence-corrected chi connectivity index (χ1v) is 13.7. The highest BCUT2D eigenvalue weighted by Crippen LogP contribution is 2.37. The highest BCUT2D eigenvalue weighted by molar-refractivity contribution is 6.01. The summed E-state index contributed by atoms with van der Waals surface area (Å²) in [5, 5.41) is 10.4. The number of nitrogens with zero attached hydrogens (tertiary/aromatic N) is 4. The van der Waals surface area contributed by atoms with Crippen molar-refractivity contribution in [3.05, 3.63) is 96.1 Å². The van der Waals surface area contributed by atoms with Crippen LogP contribution in [0.1, 0.15) is 30.4 Å². The standard InChI is InChI=1S/C31H31F3N4O4/c1-35(19-21-15-17-22(18-16-21)31(32,33)34)29(41)38-25-13-8-14-26(38)27(28(39)40)36(20-25)30(42)37(23-9-4-2-5-10-23)24-11-6-3-7-12-24/h2-7,9-12,15-18,25-27H,8,13-14,19-20H2,1H3,(H,39,40)/t25-,26+,27-/m0/s1. The normalized spacial score (nSPS) is 20.1. The van der Waals surface area contributed by atoms with E-state index >= 15 is 0 Å². The van der Waals surface area contributed by atoms with Crippen molar-refractivity contribution in [3.63, 3.8) is 0 Å². The second-order valence-electron chi connectivity index (χ2n) is 10.6. The molecule has 0 saturated carbocycles. The van der Waals surface area contributed by atoms with E-state index in [1.165, 1.54) is 33.9 Å². The molecule has 42 heavy (non-hydrogen) atoms. The molecule has 2 aliphatic heterocycles. The Balaban J connectivity index is 1.41. The van der Waals surface area contributed by atoms with Gasteiger partial charge in [0, 0.05) is 20.1 Å². The molecule has 2 fully saturated rings. The Bertz CT molecular complexity index is 1380. The molecule has 1 N–H and O–H groups in total. The Kier molecular flexibility index (Phi) is 8.11. The molecule has 0 radical (unpaired) electrons. The third-order valence-corrected chi connectivity index (χ3v) is 7.86. The summed E-state index contributed by atoms with van der Waals surface area (Å²) in [6, 6.07) is 19.1. The maximum absolute atomic E-state index is 14.2. The van der Waals surface area contributed by atoms with E-state index in [1.807, 2.05) is 12.1 Å². The van der Waals surface area contributed by atoms with Crippen molar-refractivity contribution in [3.8, 4) is 0 Å². The predicted molar refractivity (Wildman–Crippen MR) is 150 cm³/mol. The molecule has 11 heteroatoms. The molecule has 220 valence electrons. The first-order chi connectivity index (χ1) is 20.1. The van der Waals surface area contributed by atoms with Crippen molar-refractivity contribution in [2.45, 2.75) is 50.1 Å². The number of likely N-dealkylation sites (tertiary alicyclic amines) is 1. The number of aliphatic carboxylic acids is 1. The lowest BCUT2D eigenvalue weighted by molar-refractivity contribution is -0.148. The first-order valence-electron chi connectivity index (χ1n) is 13.7. The largest absolute Gasteiger partial charge is 0.480 e. The molecule has 2 aliphatic rings. The van der Waals surface area contributed by atoms with E-state index < -0.39 is 47.9 Å². The number of rotatable bonds is 5. The van der Waals surface area contributed by atoms with E-state index in [-0.39, 0.29) is 13.1 Å². The van der Waals surface area contributed by atoms with Gasteiger partial charge in [-0.2, -0.15) is 13.2 Å². The number of anilines is 2. The number of fused-ring (bicyclic) bond motifs is 2. The summed E-state index contributed by atoms with van der Waals surface area (Å²) in [5.74, 6) is -1.21. The summed E-state index contributed by atoms with van der Waals surface area (Å²) in [5.41, 5.74) is 0.893. The number of hydrogen-bond acceptors (Lipinski definition) is 3. The fraction of sp³-hybridized carbons (Fsp3) is 0.323. The summed E-state index contributed by atoms with van der Waals surface area (Å²) in [6.45, 7) is 0.0748. The van der Waals surface area contributed by atoms with Crippen LogP contribution in [0.2, 0.25) is 0 Å². The predicted octanol–water partition coefficient (Wildman–Crippen LogP) is 6.21. The summed E-state index contributed by atoms with van der Waals surface area (Å²) in [7, 11) is 1.54. The summed E-state index contributed by atoms with van der Waals surface area (Å²) < 4.78 is 38.9. The SMILES string of the molecule is CN(Cc1ccc(C(F)(F)F)cc1)C(=O)N1[C@H]2CCC[C@@H]1[C@@H](C(=O)O)N(C(=O)N(c1ccccc1)c1ccccc1)C2. The van der Waals surface area contributed by atoms with E-state index in [9.17, 15) is 32.7 Å². The van der Waals surface area contributed by atoms with Crippen molar-refractivity contribution in [2.24, 2.45) is 0 Å². The van der Waals surface area contributed by atoms with Gasteiger partial charge in [-0.25, -0.2) is 14.4 Å². The maximum Gasteiger partial charge on any atom is 0.416 e. The van der Waals surface area contributed by atoms with Crippen LogP contribution in [0.25, 0.3) is 0 Å². The number of carboxylic acid groups (broad SMARTS) is 1. The molecule has 3 aromatic rings. The van der Waals surface area contributed by atoms with Gasteiger partial charge in [0.2, 0.25) is 0 Å². The molecule has 3 aromatic carbocycles. The molecule has 5 rings (SSSR count). The van der Waals surface area contributed by atoms with Crippen LogP contribution in [0.3, 0.4) is 0 Å². The minimum absolute atomic E-state index is 0.0301. The van der Waals surface area contributed by atoms with Crippen LogP contribution in [-0.4, -0.2) is 69.6 Å². The van der Waals surface area contributed by atoms with E-state index in [0.717, 1.165) is 12.1 Å². The number of piperidine rings is 1. The second-order valence-corrected chi connectivity index (χ2v) is 10.6. The third-order valence-electron chi connectivity index (χ3n) is 7.86. The number of urea groups is 2. The lowest BCUT2D eigenvalue weighted by atomic mass is 9.86. The Labute approximate surface area is 241 Å². The smallest absolute Gasteiger partial charge is 0.416 e. The molecule has 0 aliphatic carbocycles. The lowest BCUT2D eigenvalue weighted by Gasteiger charge is -2.54. The quantitative estimate of drug-likeness (QED) is 0.389. The topological polar surface area (TPSA) is 84.4 Å². The zero-order valence-electron chi connectivity index (χ0n) is 22.9. The van der Waals surface area contributed by atoms with E-state index in [1.54, 1.807) is 53.4 Å². The Morgan fingerprint density at radius 3 is 1.95 bits per heavy atom. The van der Waals surface area contributed by atoms with Gasteiger partial charge >= 0.3 is 24.2 Å². The minimum atomic E-state index is -4.46. The van der Waals surface area contributed by atoms with Gasteiger partial charge in [0.15, 0.2) is 6.04 Å². The van der Waals surface area contributed by atoms with E-state index in [2.05, 4.69) is 0 Å². The van der Waals surface area contributed by atoms with Crippen molar-refractivity contribution >= 4 is 29.4 Å². The molecule has 4 amide bonds. The molecular formula is C31H31F3N4O4. The summed E-state index contributed by atoms with van der Waals surface area (Å²) in [4.78, 5) is 46.5. The number of carboxylic acids is 1. The average Bonchev–Trinajstić information content (AvgIpc) is 2.97. The fourth-order valence-corrected chi connectivity index (χ4v) is 5.93. The number of hydrogen-bond donors (Lipinski definition) is 1. The van der Waals surface area contributed by atoms with Gasteiger partial charge < -0.3 is 19.8 Å². The zero-order chi connectivity index (χ0) is 30.0. The van der Waals surface area contributed by atoms with Crippen LogP contribution >= 0.6 is 0 Å². The van der Waals surface area contributed by atoms with Gasteiger partial charge in [-0.15, -0.1) is 0 Å². The number of carbonyl (C=O) groups excluding carboxylic acids is 2. The number of para-hydroxylation sites is 2. The van der Waals surface area contributed by atoms with Crippen LogP contribution in [0, 0.1) is 0 Å². The number of amides is 4. The first kappa shape index (κ1) is 29.0. The highest BCUT2D eigenvalue weighted by Gasteiger charge is 2.52. The molecule has 2 bridgehead atoms. The van der Waals surface area contributed by atoms with Gasteiger partial charge in [0.1, 0.15) is 0 Å². The Hall–Kier alpha value is -4.54. The van der Waals surface area contributed by atoms with Gasteiger partial charge in [-0.05, 0) is 61.2 Å². The van der Waals surface area contributed by atoms with Gasteiger partial charge in [-0.1, -0.05) is 48.5 Å². The Morgan fingerprint density at radius 2 is 1.43 bits per heavy atom.